The molecule has 0 bridgehead atoms. The molecule has 5 rings (SSSR count). The van der Waals surface area contributed by atoms with Crippen LogP contribution in [0.1, 0.15) is 5.56 Å². The quantitative estimate of drug-likeness (QED) is 0.406. The van der Waals surface area contributed by atoms with E-state index < -0.39 is 5.79 Å². The number of para-hydroxylation sites is 2. The largest absolute Gasteiger partial charge is 0.489 e. The van der Waals surface area contributed by atoms with E-state index in [1.54, 1.807) is 46.4 Å². The van der Waals surface area contributed by atoms with Crippen molar-refractivity contribution in [3.63, 3.8) is 0 Å². The van der Waals surface area contributed by atoms with Gasteiger partial charge in [-0.05, 0) is 24.3 Å². The van der Waals surface area contributed by atoms with Gasteiger partial charge in [-0.3, -0.25) is 4.57 Å². The fraction of sp³-hybridized carbons (Fsp3) is 0.238. The van der Waals surface area contributed by atoms with Crippen LogP contribution in [-0.2, 0) is 21.8 Å². The summed E-state index contributed by atoms with van der Waals surface area (Å²) in [4.78, 5) is 4.00. The molecule has 1 aliphatic heterocycles. The topological polar surface area (TPSA) is 89.1 Å². The second-order valence-corrected chi connectivity index (χ2v) is 8.01. The van der Waals surface area contributed by atoms with E-state index in [-0.39, 0.29) is 19.3 Å². The van der Waals surface area contributed by atoms with Gasteiger partial charge in [0.1, 0.15) is 50.3 Å². The zero-order valence-electron chi connectivity index (χ0n) is 16.7. The van der Waals surface area contributed by atoms with Gasteiger partial charge in [0.15, 0.2) is 0 Å². The Hall–Kier alpha value is -2.98. The molecule has 164 valence electrons. The molecule has 4 aromatic rings. The van der Waals surface area contributed by atoms with Crippen molar-refractivity contribution >= 4 is 23.2 Å². The van der Waals surface area contributed by atoms with Gasteiger partial charge in [-0.2, -0.15) is 5.10 Å². The van der Waals surface area contributed by atoms with Gasteiger partial charge in [0.05, 0.1) is 17.3 Å². The van der Waals surface area contributed by atoms with Gasteiger partial charge in [-0.1, -0.05) is 41.4 Å². The first-order chi connectivity index (χ1) is 15.6. The molecule has 0 N–H and O–H groups in total. The summed E-state index contributed by atoms with van der Waals surface area (Å²) in [5, 5.41) is 12.9. The van der Waals surface area contributed by atoms with Crippen LogP contribution >= 0.6 is 23.2 Å². The number of aromatic nitrogens is 6. The second-order valence-electron chi connectivity index (χ2n) is 7.17. The summed E-state index contributed by atoms with van der Waals surface area (Å²) in [6.45, 7) is 0.841. The summed E-state index contributed by atoms with van der Waals surface area (Å²) in [6, 6.07) is 12.8. The molecule has 9 nitrogen and oxygen atoms in total. The maximum Gasteiger partial charge on any atom is 0.217 e. The predicted octanol–water partition coefficient (Wildman–Crippen LogP) is 3.51. The third-order valence-electron chi connectivity index (χ3n) is 5.02. The van der Waals surface area contributed by atoms with E-state index in [0.29, 0.717) is 28.0 Å². The van der Waals surface area contributed by atoms with Gasteiger partial charge in [0.2, 0.25) is 5.79 Å². The average molecular weight is 473 g/mol. The molecular weight excluding hydrogens is 455 g/mol. The fourth-order valence-corrected chi connectivity index (χ4v) is 4.14. The number of hydrogen-bond donors (Lipinski definition) is 0. The minimum atomic E-state index is -1.16. The lowest BCUT2D eigenvalue weighted by Crippen LogP contribution is -2.35. The molecule has 3 heterocycles. The Morgan fingerprint density at radius 1 is 1.09 bits per heavy atom. The number of hydrogen-bond acceptors (Lipinski definition) is 7. The SMILES string of the molecule is Clc1ccc(C2(Cn3cncn3)OCC(COc3ccccc3-n3cnnc3)O2)c(Cl)c1. The summed E-state index contributed by atoms with van der Waals surface area (Å²) in [5.74, 6) is -0.480. The molecule has 11 heteroatoms. The third-order valence-corrected chi connectivity index (χ3v) is 5.57. The molecule has 2 unspecified atom stereocenters. The van der Waals surface area contributed by atoms with Gasteiger partial charge in [-0.25, -0.2) is 9.67 Å². The molecule has 32 heavy (non-hydrogen) atoms. The van der Waals surface area contributed by atoms with Gasteiger partial charge in [0, 0.05) is 10.6 Å². The van der Waals surface area contributed by atoms with E-state index >= 15 is 0 Å². The van der Waals surface area contributed by atoms with Crippen molar-refractivity contribution in [1.82, 2.24) is 29.5 Å². The van der Waals surface area contributed by atoms with Gasteiger partial charge in [0.25, 0.3) is 0 Å². The van der Waals surface area contributed by atoms with Crippen molar-refractivity contribution in [3.05, 3.63) is 83.4 Å². The monoisotopic (exact) mass is 472 g/mol. The average Bonchev–Trinajstić information content (AvgIpc) is 3.56. The molecular formula is C21H18Cl2N6O3. The molecule has 0 saturated carbocycles. The van der Waals surface area contributed by atoms with E-state index in [4.69, 9.17) is 37.4 Å². The first-order valence-corrected chi connectivity index (χ1v) is 10.6. The lowest BCUT2D eigenvalue weighted by molar-refractivity contribution is -0.190. The summed E-state index contributed by atoms with van der Waals surface area (Å²) in [6.07, 6.45) is 5.93. The highest BCUT2D eigenvalue weighted by Crippen LogP contribution is 2.40. The van der Waals surface area contributed by atoms with Crippen LogP contribution in [0.5, 0.6) is 5.75 Å². The molecule has 0 spiro atoms. The number of ether oxygens (including phenoxy) is 3. The molecule has 0 aliphatic carbocycles. The number of halogens is 2. The first-order valence-electron chi connectivity index (χ1n) is 9.79. The number of benzene rings is 2. The second kappa shape index (κ2) is 8.87. The molecule has 0 radical (unpaired) electrons. The van der Waals surface area contributed by atoms with Gasteiger partial charge in [-0.15, -0.1) is 10.2 Å². The summed E-state index contributed by atoms with van der Waals surface area (Å²) < 4.78 is 22.1. The van der Waals surface area contributed by atoms with Crippen LogP contribution in [0.3, 0.4) is 0 Å². The lowest BCUT2D eigenvalue weighted by Gasteiger charge is -2.29. The van der Waals surface area contributed by atoms with Gasteiger partial charge >= 0.3 is 0 Å². The van der Waals surface area contributed by atoms with Crippen molar-refractivity contribution in [2.75, 3.05) is 13.2 Å². The van der Waals surface area contributed by atoms with Crippen LogP contribution in [0.15, 0.2) is 67.8 Å². The van der Waals surface area contributed by atoms with Crippen LogP contribution in [0.2, 0.25) is 10.0 Å². The molecule has 2 aromatic carbocycles. The first kappa shape index (κ1) is 20.9. The Morgan fingerprint density at radius 3 is 2.72 bits per heavy atom. The Balaban J connectivity index is 1.37. The van der Waals surface area contributed by atoms with Crippen LogP contribution in [-0.4, -0.2) is 48.8 Å². The Kier molecular flexibility index (Phi) is 5.79. The molecule has 1 fully saturated rings. The van der Waals surface area contributed by atoms with E-state index in [9.17, 15) is 0 Å². The lowest BCUT2D eigenvalue weighted by atomic mass is 10.1. The van der Waals surface area contributed by atoms with E-state index in [2.05, 4.69) is 20.3 Å². The zero-order valence-corrected chi connectivity index (χ0v) is 18.2. The van der Waals surface area contributed by atoms with Crippen molar-refractivity contribution in [2.24, 2.45) is 0 Å². The minimum absolute atomic E-state index is 0.266. The molecule has 2 atom stereocenters. The fourth-order valence-electron chi connectivity index (χ4n) is 3.58. The van der Waals surface area contributed by atoms with Crippen molar-refractivity contribution in [2.45, 2.75) is 18.4 Å². The zero-order chi connectivity index (χ0) is 22.0. The normalized spacial score (nSPS) is 20.5. The Labute approximate surface area is 193 Å². The maximum absolute atomic E-state index is 6.50. The predicted molar refractivity (Wildman–Crippen MR) is 116 cm³/mol. The maximum atomic E-state index is 6.50. The van der Waals surface area contributed by atoms with Gasteiger partial charge < -0.3 is 14.2 Å². The van der Waals surface area contributed by atoms with Crippen LogP contribution in [0.25, 0.3) is 5.69 Å². The number of rotatable bonds is 7. The highest BCUT2D eigenvalue weighted by Gasteiger charge is 2.45. The summed E-state index contributed by atoms with van der Waals surface area (Å²) in [5.41, 5.74) is 1.48. The highest BCUT2D eigenvalue weighted by molar-refractivity contribution is 6.35. The summed E-state index contributed by atoms with van der Waals surface area (Å²) >= 11 is 12.6. The van der Waals surface area contributed by atoms with E-state index in [1.165, 1.54) is 6.33 Å². The third kappa shape index (κ3) is 4.20. The highest BCUT2D eigenvalue weighted by atomic mass is 35.5. The molecule has 1 saturated heterocycles. The smallest absolute Gasteiger partial charge is 0.217 e. The summed E-state index contributed by atoms with van der Waals surface area (Å²) in [7, 11) is 0. The van der Waals surface area contributed by atoms with Crippen molar-refractivity contribution in [1.29, 1.82) is 0 Å². The van der Waals surface area contributed by atoms with E-state index in [1.807, 2.05) is 24.3 Å². The van der Waals surface area contributed by atoms with E-state index in [0.717, 1.165) is 5.69 Å². The minimum Gasteiger partial charge on any atom is -0.489 e. The molecule has 1 aliphatic rings. The van der Waals surface area contributed by atoms with Crippen LogP contribution in [0, 0.1) is 0 Å². The van der Waals surface area contributed by atoms with Crippen molar-refractivity contribution < 1.29 is 14.2 Å². The number of nitrogens with zero attached hydrogens (tertiary/aromatic N) is 6. The standard InChI is InChI=1S/C21H18Cl2N6O3/c22-15-5-6-17(18(23)7-15)21(10-29-12-24-11-27-29)31-9-16(32-21)8-30-20-4-2-1-3-19(20)28-13-25-26-14-28/h1-7,11-14,16H,8-10H2. The van der Waals surface area contributed by atoms with Crippen molar-refractivity contribution in [3.8, 4) is 11.4 Å². The van der Waals surface area contributed by atoms with Crippen LogP contribution in [0.4, 0.5) is 0 Å². The van der Waals surface area contributed by atoms with Crippen LogP contribution < -0.4 is 4.74 Å². The Morgan fingerprint density at radius 2 is 1.94 bits per heavy atom. The Bertz CT molecular complexity index is 1190. The molecule has 0 amide bonds. The molecule has 2 aromatic heterocycles.